The maximum Gasteiger partial charge on any atom is -0.0147 e. The van der Waals surface area contributed by atoms with Gasteiger partial charge < -0.3 is 0 Å². The molecule has 2 aromatic rings. The Morgan fingerprint density at radius 2 is 1.53 bits per heavy atom. The van der Waals surface area contributed by atoms with E-state index in [2.05, 4.69) is 51.1 Å². The fraction of sp³-hybridized carbons (Fsp3) is 0.412. The Kier molecular flexibility index (Phi) is 3.83. The van der Waals surface area contributed by atoms with Crippen LogP contribution in [0.3, 0.4) is 0 Å². The predicted octanol–water partition coefficient (Wildman–Crippen LogP) is 5.05. The molecule has 0 fully saturated rings. The Labute approximate surface area is 105 Å². The minimum atomic E-state index is 1.20. The largest absolute Gasteiger partial charge is 0.0651 e. The highest BCUT2D eigenvalue weighted by Gasteiger charge is 2.08. The van der Waals surface area contributed by atoms with Crippen LogP contribution in [-0.4, -0.2) is 0 Å². The second kappa shape index (κ2) is 5.35. The Bertz CT molecular complexity index is 509. The summed E-state index contributed by atoms with van der Waals surface area (Å²) in [6.07, 6.45) is 4.87. The number of fused-ring (bicyclic) bond motifs is 1. The molecule has 0 heterocycles. The Morgan fingerprint density at radius 3 is 2.18 bits per heavy atom. The molecule has 0 unspecified atom stereocenters. The summed E-state index contributed by atoms with van der Waals surface area (Å²) in [4.78, 5) is 0. The lowest BCUT2D eigenvalue weighted by molar-refractivity contribution is 0.867. The zero-order chi connectivity index (χ0) is 12.3. The molecule has 0 heteroatoms. The van der Waals surface area contributed by atoms with Gasteiger partial charge in [-0.05, 0) is 47.2 Å². The standard InChI is InChI=1S/C17H22/c1-4-8-14-12-13(3)15-10-6-7-11-17(15)16(14)9-5-2/h6-7,10-12H,4-5,8-9H2,1-3H3. The first-order valence-electron chi connectivity index (χ1n) is 6.78. The van der Waals surface area contributed by atoms with Crippen LogP contribution in [0.2, 0.25) is 0 Å². The number of hydrogen-bond acceptors (Lipinski definition) is 0. The molecular weight excluding hydrogens is 204 g/mol. The van der Waals surface area contributed by atoms with Crippen LogP contribution in [0.15, 0.2) is 30.3 Å². The van der Waals surface area contributed by atoms with E-state index in [4.69, 9.17) is 0 Å². The van der Waals surface area contributed by atoms with Crippen LogP contribution in [0.25, 0.3) is 10.8 Å². The van der Waals surface area contributed by atoms with Crippen LogP contribution in [0.4, 0.5) is 0 Å². The Balaban J connectivity index is 2.68. The monoisotopic (exact) mass is 226 g/mol. The highest BCUT2D eigenvalue weighted by molar-refractivity contribution is 5.89. The average molecular weight is 226 g/mol. The van der Waals surface area contributed by atoms with Gasteiger partial charge in [-0.3, -0.25) is 0 Å². The van der Waals surface area contributed by atoms with E-state index in [0.29, 0.717) is 0 Å². The first-order valence-corrected chi connectivity index (χ1v) is 6.78. The van der Waals surface area contributed by atoms with E-state index in [1.54, 1.807) is 11.1 Å². The van der Waals surface area contributed by atoms with E-state index in [1.807, 2.05) is 0 Å². The van der Waals surface area contributed by atoms with E-state index in [9.17, 15) is 0 Å². The predicted molar refractivity (Wildman–Crippen MR) is 76.7 cm³/mol. The van der Waals surface area contributed by atoms with Crippen molar-refractivity contribution < 1.29 is 0 Å². The van der Waals surface area contributed by atoms with Crippen molar-refractivity contribution in [3.8, 4) is 0 Å². The van der Waals surface area contributed by atoms with Crippen molar-refractivity contribution >= 4 is 10.8 Å². The molecule has 0 saturated carbocycles. The van der Waals surface area contributed by atoms with Gasteiger partial charge in [0.15, 0.2) is 0 Å². The smallest absolute Gasteiger partial charge is 0.0147 e. The summed E-state index contributed by atoms with van der Waals surface area (Å²) in [5.41, 5.74) is 4.56. The molecule has 0 radical (unpaired) electrons. The Hall–Kier alpha value is -1.30. The van der Waals surface area contributed by atoms with E-state index >= 15 is 0 Å². The second-order valence-corrected chi connectivity index (χ2v) is 4.88. The quantitative estimate of drug-likeness (QED) is 0.684. The van der Waals surface area contributed by atoms with Gasteiger partial charge in [-0.25, -0.2) is 0 Å². The van der Waals surface area contributed by atoms with Crippen molar-refractivity contribution in [2.45, 2.75) is 46.5 Å². The minimum absolute atomic E-state index is 1.20. The van der Waals surface area contributed by atoms with Crippen molar-refractivity contribution in [2.75, 3.05) is 0 Å². The summed E-state index contributed by atoms with van der Waals surface area (Å²) in [5.74, 6) is 0. The van der Waals surface area contributed by atoms with Crippen molar-refractivity contribution in [1.82, 2.24) is 0 Å². The summed E-state index contributed by atoms with van der Waals surface area (Å²) >= 11 is 0. The molecule has 90 valence electrons. The molecule has 0 amide bonds. The van der Waals surface area contributed by atoms with Crippen LogP contribution in [0.5, 0.6) is 0 Å². The zero-order valence-corrected chi connectivity index (χ0v) is 11.2. The van der Waals surface area contributed by atoms with E-state index in [1.165, 1.54) is 42.0 Å². The highest BCUT2D eigenvalue weighted by Crippen LogP contribution is 2.27. The number of hydrogen-bond donors (Lipinski definition) is 0. The summed E-state index contributed by atoms with van der Waals surface area (Å²) in [6, 6.07) is 11.2. The molecule has 0 bridgehead atoms. The van der Waals surface area contributed by atoms with Gasteiger partial charge in [-0.1, -0.05) is 57.0 Å². The molecule has 0 aromatic heterocycles. The second-order valence-electron chi connectivity index (χ2n) is 4.88. The molecule has 0 saturated heterocycles. The normalized spacial score (nSPS) is 11.0. The third-order valence-corrected chi connectivity index (χ3v) is 3.47. The van der Waals surface area contributed by atoms with Gasteiger partial charge in [0.1, 0.15) is 0 Å². The van der Waals surface area contributed by atoms with Crippen molar-refractivity contribution in [2.24, 2.45) is 0 Å². The highest BCUT2D eigenvalue weighted by atomic mass is 14.1. The number of rotatable bonds is 4. The summed E-state index contributed by atoms with van der Waals surface area (Å²) in [5, 5.41) is 2.90. The van der Waals surface area contributed by atoms with E-state index in [0.717, 1.165) is 0 Å². The maximum absolute atomic E-state index is 2.40. The van der Waals surface area contributed by atoms with Gasteiger partial charge in [0.25, 0.3) is 0 Å². The van der Waals surface area contributed by atoms with Gasteiger partial charge in [-0.15, -0.1) is 0 Å². The van der Waals surface area contributed by atoms with Crippen LogP contribution in [0, 0.1) is 6.92 Å². The van der Waals surface area contributed by atoms with Crippen molar-refractivity contribution in [3.63, 3.8) is 0 Å². The van der Waals surface area contributed by atoms with E-state index < -0.39 is 0 Å². The molecule has 0 N–H and O–H groups in total. The fourth-order valence-electron chi connectivity index (χ4n) is 2.73. The minimum Gasteiger partial charge on any atom is -0.0651 e. The van der Waals surface area contributed by atoms with Crippen LogP contribution < -0.4 is 0 Å². The topological polar surface area (TPSA) is 0 Å². The van der Waals surface area contributed by atoms with Gasteiger partial charge in [0.05, 0.1) is 0 Å². The van der Waals surface area contributed by atoms with Gasteiger partial charge in [-0.2, -0.15) is 0 Å². The molecule has 0 nitrogen and oxygen atoms in total. The lowest BCUT2D eigenvalue weighted by Crippen LogP contribution is -1.97. The van der Waals surface area contributed by atoms with E-state index in [-0.39, 0.29) is 0 Å². The molecule has 0 spiro atoms. The summed E-state index contributed by atoms with van der Waals surface area (Å²) < 4.78 is 0. The van der Waals surface area contributed by atoms with Crippen LogP contribution >= 0.6 is 0 Å². The van der Waals surface area contributed by atoms with Crippen LogP contribution in [0.1, 0.15) is 43.4 Å². The first-order chi connectivity index (χ1) is 8.27. The first kappa shape index (κ1) is 12.2. The third-order valence-electron chi connectivity index (χ3n) is 3.47. The fourth-order valence-corrected chi connectivity index (χ4v) is 2.73. The molecular formula is C17H22. The van der Waals surface area contributed by atoms with Crippen molar-refractivity contribution in [3.05, 3.63) is 47.0 Å². The summed E-state index contributed by atoms with van der Waals surface area (Å²) in [6.45, 7) is 6.77. The van der Waals surface area contributed by atoms with Crippen LogP contribution in [-0.2, 0) is 12.8 Å². The van der Waals surface area contributed by atoms with Gasteiger partial charge >= 0.3 is 0 Å². The zero-order valence-electron chi connectivity index (χ0n) is 11.2. The van der Waals surface area contributed by atoms with Gasteiger partial charge in [0.2, 0.25) is 0 Å². The maximum atomic E-state index is 2.40. The average Bonchev–Trinajstić information content (AvgIpc) is 2.34. The molecule has 17 heavy (non-hydrogen) atoms. The lowest BCUT2D eigenvalue weighted by atomic mass is 9.91. The van der Waals surface area contributed by atoms with Crippen molar-refractivity contribution in [1.29, 1.82) is 0 Å². The third kappa shape index (κ3) is 2.36. The lowest BCUT2D eigenvalue weighted by Gasteiger charge is -2.14. The summed E-state index contributed by atoms with van der Waals surface area (Å²) in [7, 11) is 0. The molecule has 0 atom stereocenters. The molecule has 0 aliphatic rings. The Morgan fingerprint density at radius 1 is 0.882 bits per heavy atom. The number of benzene rings is 2. The number of aryl methyl sites for hydroxylation is 3. The molecule has 0 aliphatic heterocycles. The molecule has 0 aliphatic carbocycles. The SMILES string of the molecule is CCCc1cc(C)c2ccccc2c1CCC. The molecule has 2 rings (SSSR count). The van der Waals surface area contributed by atoms with Gasteiger partial charge in [0, 0.05) is 0 Å². The molecule has 2 aromatic carbocycles.